The Hall–Kier alpha value is -2.84. The first-order chi connectivity index (χ1) is 15.8. The van der Waals surface area contributed by atoms with E-state index in [1.807, 2.05) is 42.5 Å². The molecule has 2 aromatic rings. The van der Waals surface area contributed by atoms with Crippen LogP contribution in [-0.4, -0.2) is 46.2 Å². The lowest BCUT2D eigenvalue weighted by molar-refractivity contribution is -0.152. The molecule has 1 saturated heterocycles. The van der Waals surface area contributed by atoms with Gasteiger partial charge in [-0.15, -0.1) is 11.8 Å². The second-order valence-corrected chi connectivity index (χ2v) is 9.75. The highest BCUT2D eigenvalue weighted by molar-refractivity contribution is 7.99. The molecule has 0 bridgehead atoms. The maximum Gasteiger partial charge on any atom is 0.247 e. The fourth-order valence-corrected chi connectivity index (χ4v) is 5.38. The second kappa shape index (κ2) is 10.9. The Kier molecular flexibility index (Phi) is 8.15. The molecule has 3 N–H and O–H groups in total. The van der Waals surface area contributed by atoms with Crippen molar-refractivity contribution in [2.24, 2.45) is 5.92 Å². The molecule has 3 rings (SSSR count). The lowest BCUT2D eigenvalue weighted by Crippen LogP contribution is -2.63. The van der Waals surface area contributed by atoms with Crippen LogP contribution >= 0.6 is 11.8 Å². The number of amides is 3. The molecule has 2 aromatic carbocycles. The number of imide groups is 1. The van der Waals surface area contributed by atoms with Gasteiger partial charge in [0.1, 0.15) is 5.54 Å². The van der Waals surface area contributed by atoms with Crippen molar-refractivity contribution in [3.8, 4) is 0 Å². The first kappa shape index (κ1) is 24.8. The molecule has 1 atom stereocenters. The molecule has 1 heterocycles. The first-order valence-electron chi connectivity index (χ1n) is 11.1. The minimum atomic E-state index is -1.38. The van der Waals surface area contributed by atoms with E-state index in [-0.39, 0.29) is 42.7 Å². The zero-order chi connectivity index (χ0) is 24.0. The molecule has 8 heteroatoms. The zero-order valence-electron chi connectivity index (χ0n) is 19.3. The maximum atomic E-state index is 13.5. The molecule has 0 saturated carbocycles. The average Bonchev–Trinajstić information content (AvgIpc) is 3.15. The van der Waals surface area contributed by atoms with Gasteiger partial charge in [0, 0.05) is 37.0 Å². The Labute approximate surface area is 198 Å². The van der Waals surface area contributed by atoms with Gasteiger partial charge in [-0.05, 0) is 47.7 Å². The normalized spacial score (nSPS) is 15.6. The van der Waals surface area contributed by atoms with Crippen molar-refractivity contribution < 1.29 is 19.6 Å². The summed E-state index contributed by atoms with van der Waals surface area (Å²) >= 11 is 1.45. The van der Waals surface area contributed by atoms with Crippen molar-refractivity contribution in [3.05, 3.63) is 59.7 Å². The van der Waals surface area contributed by atoms with E-state index in [2.05, 4.69) is 24.6 Å². The summed E-state index contributed by atoms with van der Waals surface area (Å²) in [5.41, 5.74) is 3.18. The van der Waals surface area contributed by atoms with Crippen LogP contribution < -0.4 is 10.8 Å². The van der Waals surface area contributed by atoms with Crippen molar-refractivity contribution in [1.29, 1.82) is 0 Å². The lowest BCUT2D eigenvalue weighted by Gasteiger charge is -2.39. The van der Waals surface area contributed by atoms with Gasteiger partial charge in [0.2, 0.25) is 17.7 Å². The van der Waals surface area contributed by atoms with Crippen LogP contribution in [0.4, 0.5) is 5.69 Å². The van der Waals surface area contributed by atoms with Crippen molar-refractivity contribution in [1.82, 2.24) is 10.2 Å². The molecule has 0 radical (unpaired) electrons. The van der Waals surface area contributed by atoms with E-state index in [0.717, 1.165) is 22.4 Å². The number of carbonyl (C=O) groups is 3. The molecule has 0 spiro atoms. The number of carbonyl (C=O) groups excluding carboxylic acids is 3. The van der Waals surface area contributed by atoms with E-state index in [4.69, 9.17) is 0 Å². The number of nitrogens with one attached hydrogen (secondary N) is 2. The Morgan fingerprint density at radius 2 is 1.76 bits per heavy atom. The molecule has 0 unspecified atom stereocenters. The Balaban J connectivity index is 2.10. The number of nitrogens with zero attached hydrogens (tertiary/aromatic N) is 1. The number of rotatable bonds is 10. The summed E-state index contributed by atoms with van der Waals surface area (Å²) in [5.74, 6) is -0.446. The number of likely N-dealkylation sites (N-methyl/N-ethyl adjacent to an activating group) is 1. The van der Waals surface area contributed by atoms with Gasteiger partial charge in [-0.3, -0.25) is 30.0 Å². The van der Waals surface area contributed by atoms with Gasteiger partial charge in [0.05, 0.1) is 5.69 Å². The maximum absolute atomic E-state index is 13.5. The van der Waals surface area contributed by atoms with E-state index in [9.17, 15) is 19.6 Å². The van der Waals surface area contributed by atoms with Crippen molar-refractivity contribution >= 4 is 35.2 Å². The number of hydrogen-bond donors (Lipinski definition) is 3. The minimum absolute atomic E-state index is 0.111. The summed E-state index contributed by atoms with van der Waals surface area (Å²) in [4.78, 5) is 41.4. The summed E-state index contributed by atoms with van der Waals surface area (Å²) in [5, 5.41) is 12.1. The number of hydrogen-bond acceptors (Lipinski definition) is 6. The number of thioether (sulfide) groups is 1. The number of anilines is 1. The zero-order valence-corrected chi connectivity index (χ0v) is 20.1. The molecular formula is C25H31N3O4S. The number of likely N-dealkylation sites (tertiary alicyclic amines) is 1. The summed E-state index contributed by atoms with van der Waals surface area (Å²) in [6.07, 6.45) is 1.14. The highest BCUT2D eigenvalue weighted by Gasteiger charge is 2.51. The fraction of sp³-hybridized carbons (Fsp3) is 0.400. The lowest BCUT2D eigenvalue weighted by atomic mass is 9.85. The molecule has 33 heavy (non-hydrogen) atoms. The minimum Gasteiger partial charge on any atom is -0.357 e. The van der Waals surface area contributed by atoms with E-state index >= 15 is 0 Å². The summed E-state index contributed by atoms with van der Waals surface area (Å²) in [6, 6.07) is 15.1. The molecule has 0 aromatic heterocycles. The Morgan fingerprint density at radius 1 is 1.09 bits per heavy atom. The molecule has 1 aliphatic rings. The third-order valence-electron chi connectivity index (χ3n) is 5.80. The Morgan fingerprint density at radius 3 is 2.33 bits per heavy atom. The van der Waals surface area contributed by atoms with Gasteiger partial charge in [0.25, 0.3) is 0 Å². The van der Waals surface area contributed by atoms with E-state index in [1.165, 1.54) is 23.7 Å². The summed E-state index contributed by atoms with van der Waals surface area (Å²) < 4.78 is 0. The molecule has 3 amide bonds. The van der Waals surface area contributed by atoms with Crippen LogP contribution in [-0.2, 0) is 27.2 Å². The van der Waals surface area contributed by atoms with E-state index < -0.39 is 5.54 Å². The fourth-order valence-electron chi connectivity index (χ4n) is 4.26. The average molecular weight is 470 g/mol. The molecule has 0 aliphatic carbocycles. The van der Waals surface area contributed by atoms with Crippen LogP contribution in [0.5, 0.6) is 0 Å². The van der Waals surface area contributed by atoms with E-state index in [0.29, 0.717) is 11.6 Å². The molecular weight excluding hydrogens is 438 g/mol. The first-order valence-corrected chi connectivity index (χ1v) is 12.1. The predicted octanol–water partition coefficient (Wildman–Crippen LogP) is 3.65. The molecule has 176 valence electrons. The predicted molar refractivity (Wildman–Crippen MR) is 129 cm³/mol. The molecule has 1 fully saturated rings. The Bertz CT molecular complexity index is 996. The molecule has 7 nitrogen and oxygen atoms in total. The molecule has 1 aliphatic heterocycles. The van der Waals surface area contributed by atoms with Crippen LogP contribution in [0.2, 0.25) is 0 Å². The van der Waals surface area contributed by atoms with E-state index in [1.54, 1.807) is 6.07 Å². The van der Waals surface area contributed by atoms with Crippen LogP contribution in [0.1, 0.15) is 37.8 Å². The number of benzene rings is 2. The van der Waals surface area contributed by atoms with Crippen LogP contribution in [0.3, 0.4) is 0 Å². The summed E-state index contributed by atoms with van der Waals surface area (Å²) in [6.45, 7) is 4.18. The van der Waals surface area contributed by atoms with Crippen molar-refractivity contribution in [3.63, 3.8) is 0 Å². The van der Waals surface area contributed by atoms with Gasteiger partial charge < -0.3 is 5.32 Å². The third kappa shape index (κ3) is 5.57. The van der Waals surface area contributed by atoms with Crippen molar-refractivity contribution in [2.45, 2.75) is 50.0 Å². The van der Waals surface area contributed by atoms with Crippen LogP contribution in [0.15, 0.2) is 53.4 Å². The second-order valence-electron chi connectivity index (χ2n) is 8.71. The highest BCUT2D eigenvalue weighted by atomic mass is 32.2. The quantitative estimate of drug-likeness (QED) is 0.279. The topological polar surface area (TPSA) is 98.7 Å². The van der Waals surface area contributed by atoms with Gasteiger partial charge in [-0.25, -0.2) is 0 Å². The smallest absolute Gasteiger partial charge is 0.247 e. The highest BCUT2D eigenvalue weighted by Crippen LogP contribution is 2.35. The van der Waals surface area contributed by atoms with Crippen molar-refractivity contribution in [2.75, 3.05) is 18.3 Å². The SMILES string of the molecule is CNC(=O)[C@](CSc1ccccc1)(Cc1ccc(NO)cc1CC(C)C)N1C(=O)CCC1=O. The van der Waals surface area contributed by atoms with Gasteiger partial charge in [0.15, 0.2) is 0 Å². The monoisotopic (exact) mass is 469 g/mol. The standard InChI is InChI=1S/C25H31N3O4S/c1-17(2)13-19-14-20(27-32)10-9-18(19)15-25(24(31)26-3,28-22(29)11-12-23(28)30)16-33-21-7-5-4-6-8-21/h4-10,14,17,27,32H,11-13,15-16H2,1-3H3,(H,26,31)/t25-/m1/s1. The van der Waals surface area contributed by atoms with Crippen LogP contribution in [0.25, 0.3) is 0 Å². The largest absolute Gasteiger partial charge is 0.357 e. The van der Waals surface area contributed by atoms with Gasteiger partial charge in [-0.1, -0.05) is 38.1 Å². The summed E-state index contributed by atoms with van der Waals surface area (Å²) in [7, 11) is 1.53. The van der Waals surface area contributed by atoms with Crippen LogP contribution in [0, 0.1) is 5.92 Å². The third-order valence-corrected chi connectivity index (χ3v) is 7.02. The van der Waals surface area contributed by atoms with Gasteiger partial charge >= 0.3 is 0 Å². The van der Waals surface area contributed by atoms with Gasteiger partial charge in [-0.2, -0.15) is 0 Å².